The number of nitrogens with zero attached hydrogens (tertiary/aromatic N) is 2. The Morgan fingerprint density at radius 1 is 1.27 bits per heavy atom. The lowest BCUT2D eigenvalue weighted by Gasteiger charge is -2.17. The largest absolute Gasteiger partial charge is 0.355 e. The van der Waals surface area contributed by atoms with E-state index < -0.39 is 34.2 Å². The van der Waals surface area contributed by atoms with E-state index in [4.69, 9.17) is 0 Å². The van der Waals surface area contributed by atoms with E-state index in [0.29, 0.717) is 16.8 Å². The maximum absolute atomic E-state index is 13.6. The number of nitro benzene ring substituents is 1. The molecule has 10 heteroatoms. The maximum Gasteiger partial charge on any atom is 0.306 e. The molecule has 0 radical (unpaired) electrons. The zero-order valence-corrected chi connectivity index (χ0v) is 16.3. The normalized spacial score (nSPS) is 15.8. The molecule has 2 aromatic rings. The second-order valence-corrected chi connectivity index (χ2v) is 6.84. The molecule has 1 fully saturated rings. The van der Waals surface area contributed by atoms with E-state index in [9.17, 15) is 28.9 Å². The van der Waals surface area contributed by atoms with Gasteiger partial charge >= 0.3 is 5.69 Å². The quantitative estimate of drug-likeness (QED) is 0.575. The van der Waals surface area contributed by atoms with Crippen molar-refractivity contribution in [2.24, 2.45) is 5.92 Å². The van der Waals surface area contributed by atoms with Crippen LogP contribution in [0.5, 0.6) is 0 Å². The fourth-order valence-electron chi connectivity index (χ4n) is 3.33. The van der Waals surface area contributed by atoms with Crippen molar-refractivity contribution in [3.8, 4) is 0 Å². The number of nitro groups is 1. The number of hydrogen-bond acceptors (Lipinski definition) is 5. The minimum absolute atomic E-state index is 0.00162. The average molecular weight is 414 g/mol. The molecule has 9 nitrogen and oxygen atoms in total. The van der Waals surface area contributed by atoms with Gasteiger partial charge in [-0.15, -0.1) is 0 Å². The van der Waals surface area contributed by atoms with Crippen molar-refractivity contribution in [1.29, 1.82) is 0 Å². The first-order chi connectivity index (χ1) is 14.2. The van der Waals surface area contributed by atoms with Crippen molar-refractivity contribution in [2.75, 3.05) is 23.8 Å². The highest BCUT2D eigenvalue weighted by molar-refractivity contribution is 6.04. The van der Waals surface area contributed by atoms with E-state index in [0.717, 1.165) is 12.1 Å². The fraction of sp³-hybridized carbons (Fsp3) is 0.250. The number of amides is 3. The van der Waals surface area contributed by atoms with Crippen molar-refractivity contribution in [3.05, 3.63) is 63.5 Å². The van der Waals surface area contributed by atoms with Crippen LogP contribution in [-0.4, -0.2) is 36.2 Å². The van der Waals surface area contributed by atoms with E-state index in [2.05, 4.69) is 10.6 Å². The number of nitrogens with one attached hydrogen (secondary N) is 2. The van der Waals surface area contributed by atoms with Gasteiger partial charge in [-0.3, -0.25) is 24.5 Å². The molecule has 0 aliphatic carbocycles. The second kappa shape index (κ2) is 8.27. The van der Waals surface area contributed by atoms with Gasteiger partial charge in [0.15, 0.2) is 0 Å². The summed E-state index contributed by atoms with van der Waals surface area (Å²) in [7, 11) is 1.51. The third-order valence-corrected chi connectivity index (χ3v) is 5.00. The minimum atomic E-state index is -1.00. The number of carbonyl (C=O) groups is 3. The molecule has 2 aromatic carbocycles. The molecule has 0 aromatic heterocycles. The summed E-state index contributed by atoms with van der Waals surface area (Å²) in [6, 6.07) is 8.07. The van der Waals surface area contributed by atoms with E-state index in [1.165, 1.54) is 18.0 Å². The predicted molar refractivity (Wildman–Crippen MR) is 107 cm³/mol. The number of benzene rings is 2. The van der Waals surface area contributed by atoms with Crippen LogP contribution in [-0.2, 0) is 9.59 Å². The van der Waals surface area contributed by atoms with Crippen LogP contribution < -0.4 is 15.5 Å². The Balaban J connectivity index is 1.77. The first-order valence-electron chi connectivity index (χ1n) is 9.09. The molecule has 1 aliphatic rings. The van der Waals surface area contributed by atoms with Crippen molar-refractivity contribution in [3.63, 3.8) is 0 Å². The Morgan fingerprint density at radius 2 is 2.00 bits per heavy atom. The molecule has 2 N–H and O–H groups in total. The van der Waals surface area contributed by atoms with Crippen LogP contribution in [0, 0.1) is 28.8 Å². The van der Waals surface area contributed by atoms with Crippen molar-refractivity contribution >= 4 is 34.8 Å². The maximum atomic E-state index is 13.6. The van der Waals surface area contributed by atoms with Crippen LogP contribution in [0.3, 0.4) is 0 Å². The van der Waals surface area contributed by atoms with Crippen LogP contribution in [0.4, 0.5) is 21.5 Å². The molecule has 3 rings (SSSR count). The molecule has 1 saturated heterocycles. The monoisotopic (exact) mass is 414 g/mol. The Labute approximate surface area is 171 Å². The number of hydrogen-bond donors (Lipinski definition) is 2. The highest BCUT2D eigenvalue weighted by atomic mass is 19.1. The molecular weight excluding hydrogens is 395 g/mol. The van der Waals surface area contributed by atoms with Gasteiger partial charge in [0.2, 0.25) is 17.6 Å². The molecule has 1 unspecified atom stereocenters. The molecule has 30 heavy (non-hydrogen) atoms. The molecule has 0 spiro atoms. The Kier molecular flexibility index (Phi) is 5.77. The molecule has 1 atom stereocenters. The summed E-state index contributed by atoms with van der Waals surface area (Å²) in [6.45, 7) is 1.70. The van der Waals surface area contributed by atoms with Crippen LogP contribution in [0.1, 0.15) is 22.3 Å². The molecule has 0 bridgehead atoms. The topological polar surface area (TPSA) is 122 Å². The third-order valence-electron chi connectivity index (χ3n) is 5.00. The highest BCUT2D eigenvalue weighted by Crippen LogP contribution is 2.30. The second-order valence-electron chi connectivity index (χ2n) is 6.84. The van der Waals surface area contributed by atoms with Crippen LogP contribution in [0.15, 0.2) is 36.4 Å². The Bertz CT molecular complexity index is 1060. The molecule has 3 amide bonds. The summed E-state index contributed by atoms with van der Waals surface area (Å²) >= 11 is 0. The average Bonchev–Trinajstić information content (AvgIpc) is 3.11. The molecular formula is C20H19FN4O5. The van der Waals surface area contributed by atoms with Gasteiger partial charge in [-0.25, -0.2) is 0 Å². The lowest BCUT2D eigenvalue weighted by atomic mass is 10.0. The van der Waals surface area contributed by atoms with E-state index in [1.54, 1.807) is 25.1 Å². The summed E-state index contributed by atoms with van der Waals surface area (Å²) in [5, 5.41) is 16.2. The lowest BCUT2D eigenvalue weighted by molar-refractivity contribution is -0.387. The molecule has 0 saturated carbocycles. The number of carbonyl (C=O) groups excluding carboxylic acids is 3. The zero-order valence-electron chi connectivity index (χ0n) is 16.3. The first kappa shape index (κ1) is 20.9. The fourth-order valence-corrected chi connectivity index (χ4v) is 3.33. The summed E-state index contributed by atoms with van der Waals surface area (Å²) in [4.78, 5) is 48.3. The number of anilines is 2. The van der Waals surface area contributed by atoms with Crippen LogP contribution in [0.2, 0.25) is 0 Å². The highest BCUT2D eigenvalue weighted by Gasteiger charge is 2.36. The van der Waals surface area contributed by atoms with Gasteiger partial charge in [0.25, 0.3) is 5.91 Å². The number of halogens is 1. The number of rotatable bonds is 5. The summed E-state index contributed by atoms with van der Waals surface area (Å²) in [5.74, 6) is -2.81. The van der Waals surface area contributed by atoms with E-state index in [-0.39, 0.29) is 24.6 Å². The van der Waals surface area contributed by atoms with Gasteiger partial charge in [-0.05, 0) is 36.8 Å². The third kappa shape index (κ3) is 3.97. The lowest BCUT2D eigenvalue weighted by Crippen LogP contribution is -2.28. The summed E-state index contributed by atoms with van der Waals surface area (Å²) in [5.41, 5.74) is 0.860. The van der Waals surface area contributed by atoms with Gasteiger partial charge in [0.05, 0.1) is 16.5 Å². The standard InChI is InChI=1S/C20H19FN4O5/c1-11-14(20(28)22-2)4-3-5-16(11)23-19(27)12-8-18(26)24(10-12)13-6-7-15(21)17(9-13)25(29)30/h3-7,9,12H,8,10H2,1-2H3,(H,22,28)(H,23,27). The smallest absolute Gasteiger partial charge is 0.306 e. The van der Waals surface area contributed by atoms with Gasteiger partial charge in [0, 0.05) is 37.3 Å². The summed E-state index contributed by atoms with van der Waals surface area (Å²) in [6.07, 6.45) is -0.0921. The Hall–Kier alpha value is -3.82. The van der Waals surface area contributed by atoms with Gasteiger partial charge in [-0.2, -0.15) is 4.39 Å². The van der Waals surface area contributed by atoms with Crippen molar-refractivity contribution < 1.29 is 23.7 Å². The summed E-state index contributed by atoms with van der Waals surface area (Å²) < 4.78 is 13.6. The van der Waals surface area contributed by atoms with E-state index in [1.807, 2.05) is 0 Å². The Morgan fingerprint density at radius 3 is 2.67 bits per heavy atom. The first-order valence-corrected chi connectivity index (χ1v) is 9.09. The van der Waals surface area contributed by atoms with Crippen LogP contribution >= 0.6 is 0 Å². The van der Waals surface area contributed by atoms with Gasteiger partial charge in [-0.1, -0.05) is 6.07 Å². The van der Waals surface area contributed by atoms with E-state index >= 15 is 0 Å². The molecule has 1 aliphatic heterocycles. The van der Waals surface area contributed by atoms with Gasteiger partial charge in [0.1, 0.15) is 0 Å². The molecule has 1 heterocycles. The van der Waals surface area contributed by atoms with Crippen LogP contribution in [0.25, 0.3) is 0 Å². The molecule has 156 valence electrons. The zero-order chi connectivity index (χ0) is 22.0. The SMILES string of the molecule is CNC(=O)c1cccc(NC(=O)C2CC(=O)N(c3ccc(F)c([N+](=O)[O-])c3)C2)c1C. The van der Waals surface area contributed by atoms with Crippen molar-refractivity contribution in [2.45, 2.75) is 13.3 Å². The predicted octanol–water partition coefficient (Wildman–Crippen LogP) is 2.39. The minimum Gasteiger partial charge on any atom is -0.355 e. The van der Waals surface area contributed by atoms with Gasteiger partial charge < -0.3 is 15.5 Å². The van der Waals surface area contributed by atoms with Crippen molar-refractivity contribution in [1.82, 2.24) is 5.32 Å².